The Kier molecular flexibility index (Phi) is 4.74. The van der Waals surface area contributed by atoms with Gasteiger partial charge in [-0.25, -0.2) is 9.97 Å². The van der Waals surface area contributed by atoms with Gasteiger partial charge < -0.3 is 4.90 Å². The molecular formula is C12H16BrN3S. The van der Waals surface area contributed by atoms with Crippen LogP contribution in [0.3, 0.4) is 0 Å². The molecule has 0 unspecified atom stereocenters. The molecule has 0 fully saturated rings. The third kappa shape index (κ3) is 2.96. The third-order valence-electron chi connectivity index (χ3n) is 2.68. The van der Waals surface area contributed by atoms with E-state index in [1.807, 2.05) is 0 Å². The summed E-state index contributed by atoms with van der Waals surface area (Å²) in [5.41, 5.74) is 0. The molecule has 2 rings (SSSR count). The number of anilines is 1. The molecule has 2 aromatic rings. The van der Waals surface area contributed by atoms with Crippen LogP contribution in [0.2, 0.25) is 0 Å². The molecule has 0 atom stereocenters. The Morgan fingerprint density at radius 3 is 3.00 bits per heavy atom. The Labute approximate surface area is 114 Å². The topological polar surface area (TPSA) is 29.0 Å². The summed E-state index contributed by atoms with van der Waals surface area (Å²) in [5, 5.41) is 4.22. The summed E-state index contributed by atoms with van der Waals surface area (Å²) in [6, 6.07) is 2.11. The van der Waals surface area contributed by atoms with Crippen LogP contribution in [0.25, 0.3) is 10.2 Å². The number of fused-ring (bicyclic) bond motifs is 1. The maximum atomic E-state index is 4.45. The average Bonchev–Trinajstić information content (AvgIpc) is 2.82. The fourth-order valence-corrected chi connectivity index (χ4v) is 2.96. The van der Waals surface area contributed by atoms with E-state index in [1.165, 1.54) is 18.2 Å². The summed E-state index contributed by atoms with van der Waals surface area (Å²) in [4.78, 5) is 12.2. The molecule has 92 valence electrons. The molecule has 0 spiro atoms. The van der Waals surface area contributed by atoms with E-state index in [2.05, 4.69) is 49.2 Å². The van der Waals surface area contributed by atoms with Crippen molar-refractivity contribution >= 4 is 43.3 Å². The molecule has 0 bridgehead atoms. The van der Waals surface area contributed by atoms with Crippen molar-refractivity contribution in [2.24, 2.45) is 0 Å². The van der Waals surface area contributed by atoms with Crippen molar-refractivity contribution in [3.05, 3.63) is 17.8 Å². The van der Waals surface area contributed by atoms with E-state index in [4.69, 9.17) is 0 Å². The van der Waals surface area contributed by atoms with E-state index in [-0.39, 0.29) is 0 Å². The predicted octanol–water partition coefficient (Wildman–Crippen LogP) is 3.69. The van der Waals surface area contributed by atoms with Crippen LogP contribution in [-0.4, -0.2) is 28.4 Å². The number of aromatic nitrogens is 2. The summed E-state index contributed by atoms with van der Waals surface area (Å²) >= 11 is 5.18. The minimum atomic E-state index is 0.965. The monoisotopic (exact) mass is 313 g/mol. The fraction of sp³-hybridized carbons (Fsp3) is 0.500. The molecule has 0 N–H and O–H groups in total. The molecule has 0 radical (unpaired) electrons. The second-order valence-corrected chi connectivity index (χ2v) is 5.55. The SMILES string of the molecule is CCCCN(CCBr)c1ncnc2sccc12. The number of rotatable bonds is 6. The summed E-state index contributed by atoms with van der Waals surface area (Å²) < 4.78 is 0. The van der Waals surface area contributed by atoms with Crippen LogP contribution in [0.4, 0.5) is 5.82 Å². The van der Waals surface area contributed by atoms with Crippen molar-refractivity contribution in [2.45, 2.75) is 19.8 Å². The highest BCUT2D eigenvalue weighted by Gasteiger charge is 2.11. The van der Waals surface area contributed by atoms with Crippen molar-refractivity contribution in [2.75, 3.05) is 23.3 Å². The summed E-state index contributed by atoms with van der Waals surface area (Å²) in [5.74, 6) is 1.07. The number of unbranched alkanes of at least 4 members (excludes halogenated alkanes) is 1. The lowest BCUT2D eigenvalue weighted by Crippen LogP contribution is -2.27. The molecule has 0 aliphatic heterocycles. The van der Waals surface area contributed by atoms with E-state index >= 15 is 0 Å². The van der Waals surface area contributed by atoms with Crippen molar-refractivity contribution in [1.82, 2.24) is 9.97 Å². The van der Waals surface area contributed by atoms with Gasteiger partial charge in [-0.15, -0.1) is 11.3 Å². The summed E-state index contributed by atoms with van der Waals surface area (Å²) in [6.45, 7) is 4.26. The zero-order valence-electron chi connectivity index (χ0n) is 9.90. The Bertz CT molecular complexity index is 471. The second-order valence-electron chi connectivity index (χ2n) is 3.87. The molecule has 0 saturated heterocycles. The molecule has 0 aliphatic rings. The van der Waals surface area contributed by atoms with E-state index in [0.717, 1.165) is 29.1 Å². The number of hydrogen-bond acceptors (Lipinski definition) is 4. The molecule has 5 heteroatoms. The van der Waals surface area contributed by atoms with Gasteiger partial charge in [-0.05, 0) is 17.9 Å². The first-order valence-electron chi connectivity index (χ1n) is 5.86. The minimum absolute atomic E-state index is 0.965. The third-order valence-corrected chi connectivity index (χ3v) is 3.85. The number of halogens is 1. The highest BCUT2D eigenvalue weighted by atomic mass is 79.9. The summed E-state index contributed by atoms with van der Waals surface area (Å²) in [7, 11) is 0. The number of hydrogen-bond donors (Lipinski definition) is 0. The van der Waals surface area contributed by atoms with Crippen LogP contribution in [0.15, 0.2) is 17.8 Å². The zero-order valence-corrected chi connectivity index (χ0v) is 12.3. The molecule has 0 saturated carbocycles. The van der Waals surface area contributed by atoms with Crippen molar-refractivity contribution in [1.29, 1.82) is 0 Å². The molecule has 2 aromatic heterocycles. The van der Waals surface area contributed by atoms with Crippen LogP contribution in [0.5, 0.6) is 0 Å². The standard InChI is InChI=1S/C12H16BrN3S/c1-2-3-6-16(7-5-13)11-10-4-8-17-12(10)15-9-14-11/h4,8-9H,2-3,5-7H2,1H3. The first-order valence-corrected chi connectivity index (χ1v) is 7.86. The van der Waals surface area contributed by atoms with E-state index < -0.39 is 0 Å². The Morgan fingerprint density at radius 1 is 1.35 bits per heavy atom. The van der Waals surface area contributed by atoms with Crippen LogP contribution < -0.4 is 4.90 Å². The highest BCUT2D eigenvalue weighted by Crippen LogP contribution is 2.26. The Hall–Kier alpha value is -0.680. The van der Waals surface area contributed by atoms with Gasteiger partial charge in [-0.2, -0.15) is 0 Å². The number of alkyl halides is 1. The molecule has 2 heterocycles. The van der Waals surface area contributed by atoms with Gasteiger partial charge >= 0.3 is 0 Å². The summed E-state index contributed by atoms with van der Waals surface area (Å²) in [6.07, 6.45) is 4.07. The van der Waals surface area contributed by atoms with Crippen molar-refractivity contribution in [3.8, 4) is 0 Å². The lowest BCUT2D eigenvalue weighted by Gasteiger charge is -2.23. The number of nitrogens with zero attached hydrogens (tertiary/aromatic N) is 3. The van der Waals surface area contributed by atoms with Gasteiger partial charge in [0.05, 0.1) is 5.39 Å². The first-order chi connectivity index (χ1) is 8.36. The van der Waals surface area contributed by atoms with Crippen LogP contribution in [-0.2, 0) is 0 Å². The van der Waals surface area contributed by atoms with Gasteiger partial charge in [0.1, 0.15) is 17.0 Å². The maximum absolute atomic E-state index is 4.45. The van der Waals surface area contributed by atoms with Crippen molar-refractivity contribution in [3.63, 3.8) is 0 Å². The minimum Gasteiger partial charge on any atom is -0.355 e. The van der Waals surface area contributed by atoms with Gasteiger partial charge in [-0.3, -0.25) is 0 Å². The Morgan fingerprint density at radius 2 is 2.24 bits per heavy atom. The maximum Gasteiger partial charge on any atom is 0.140 e. The molecule has 0 aromatic carbocycles. The quantitative estimate of drug-likeness (QED) is 0.762. The second kappa shape index (κ2) is 6.31. The highest BCUT2D eigenvalue weighted by molar-refractivity contribution is 9.09. The van der Waals surface area contributed by atoms with Gasteiger partial charge in [0.2, 0.25) is 0 Å². The van der Waals surface area contributed by atoms with E-state index in [1.54, 1.807) is 17.7 Å². The van der Waals surface area contributed by atoms with Gasteiger partial charge in [0.15, 0.2) is 0 Å². The van der Waals surface area contributed by atoms with E-state index in [0.29, 0.717) is 0 Å². The molecular weight excluding hydrogens is 298 g/mol. The molecule has 17 heavy (non-hydrogen) atoms. The lowest BCUT2D eigenvalue weighted by atomic mass is 10.3. The number of thiophene rings is 1. The smallest absolute Gasteiger partial charge is 0.140 e. The van der Waals surface area contributed by atoms with Gasteiger partial charge in [-0.1, -0.05) is 29.3 Å². The first kappa shape index (κ1) is 12.8. The average molecular weight is 314 g/mol. The molecule has 0 aliphatic carbocycles. The molecule has 0 amide bonds. The normalized spacial score (nSPS) is 10.9. The van der Waals surface area contributed by atoms with E-state index in [9.17, 15) is 0 Å². The van der Waals surface area contributed by atoms with Gasteiger partial charge in [0.25, 0.3) is 0 Å². The fourth-order valence-electron chi connectivity index (χ4n) is 1.80. The van der Waals surface area contributed by atoms with Crippen molar-refractivity contribution < 1.29 is 0 Å². The predicted molar refractivity (Wildman–Crippen MR) is 78.3 cm³/mol. The van der Waals surface area contributed by atoms with Crippen LogP contribution in [0, 0.1) is 0 Å². The van der Waals surface area contributed by atoms with Crippen LogP contribution in [0.1, 0.15) is 19.8 Å². The largest absolute Gasteiger partial charge is 0.355 e. The Balaban J connectivity index is 2.30. The lowest BCUT2D eigenvalue weighted by molar-refractivity contribution is 0.729. The molecule has 3 nitrogen and oxygen atoms in total. The van der Waals surface area contributed by atoms with Crippen LogP contribution >= 0.6 is 27.3 Å². The van der Waals surface area contributed by atoms with Gasteiger partial charge in [0, 0.05) is 18.4 Å². The zero-order chi connectivity index (χ0) is 12.1.